The molecule has 0 fully saturated rings. The molecule has 4 aromatic rings. The third-order valence-electron chi connectivity index (χ3n) is 5.59. The number of carbonyl (C=O) groups excluding carboxylic acids is 1. The first-order valence-corrected chi connectivity index (χ1v) is 10.8. The first-order chi connectivity index (χ1) is 15.4. The minimum absolute atomic E-state index is 0.102. The second kappa shape index (κ2) is 9.18. The van der Waals surface area contributed by atoms with Crippen LogP contribution in [-0.2, 0) is 17.8 Å². The molecule has 7 heteroatoms. The fraction of sp³-hybridized carbons (Fsp3) is 0.280. The fourth-order valence-electron chi connectivity index (χ4n) is 3.85. The summed E-state index contributed by atoms with van der Waals surface area (Å²) in [6, 6.07) is 18.0. The van der Waals surface area contributed by atoms with Gasteiger partial charge in [0.1, 0.15) is 0 Å². The first-order valence-electron chi connectivity index (χ1n) is 10.8. The summed E-state index contributed by atoms with van der Waals surface area (Å²) in [5, 5.41) is 12.7. The summed E-state index contributed by atoms with van der Waals surface area (Å²) < 4.78 is 3.11. The van der Waals surface area contributed by atoms with Crippen LogP contribution in [0.4, 0.5) is 0 Å². The molecule has 0 spiro atoms. The van der Waals surface area contributed by atoms with E-state index in [-0.39, 0.29) is 24.4 Å². The van der Waals surface area contributed by atoms with E-state index in [0.29, 0.717) is 12.1 Å². The van der Waals surface area contributed by atoms with Crippen molar-refractivity contribution in [3.05, 3.63) is 87.5 Å². The molecule has 1 amide bonds. The molecular formula is C25H27N5O2. The zero-order valence-corrected chi connectivity index (χ0v) is 18.6. The Morgan fingerprint density at radius 3 is 2.41 bits per heavy atom. The predicted molar refractivity (Wildman–Crippen MR) is 125 cm³/mol. The Hall–Kier alpha value is -3.74. The summed E-state index contributed by atoms with van der Waals surface area (Å²) in [5.74, 6) is -0.102. The number of aromatic nitrogens is 4. The molecule has 7 nitrogen and oxygen atoms in total. The van der Waals surface area contributed by atoms with Gasteiger partial charge in [0, 0.05) is 13.0 Å². The average molecular weight is 430 g/mol. The molecule has 0 aliphatic rings. The summed E-state index contributed by atoms with van der Waals surface area (Å²) in [6.07, 6.45) is 0.954. The lowest BCUT2D eigenvalue weighted by atomic mass is 10.1. The number of nitrogens with one attached hydrogen (secondary N) is 1. The van der Waals surface area contributed by atoms with E-state index in [1.165, 1.54) is 15.8 Å². The Bertz CT molecular complexity index is 1300. The summed E-state index contributed by atoms with van der Waals surface area (Å²) in [7, 11) is 0. The molecule has 2 heterocycles. The lowest BCUT2D eigenvalue weighted by Crippen LogP contribution is -2.30. The number of hydrogen-bond acceptors (Lipinski definition) is 4. The molecule has 2 aromatic carbocycles. The van der Waals surface area contributed by atoms with Crippen molar-refractivity contribution >= 4 is 16.8 Å². The minimum Gasteiger partial charge on any atom is -0.356 e. The second-order valence-electron chi connectivity index (χ2n) is 8.01. The lowest BCUT2D eigenvalue weighted by Gasteiger charge is -2.08. The van der Waals surface area contributed by atoms with Crippen LogP contribution in [-0.4, -0.2) is 32.0 Å². The molecule has 0 aliphatic heterocycles. The Morgan fingerprint density at radius 1 is 0.969 bits per heavy atom. The van der Waals surface area contributed by atoms with E-state index in [4.69, 9.17) is 0 Å². The molecule has 0 saturated heterocycles. The van der Waals surface area contributed by atoms with Gasteiger partial charge in [0.15, 0.2) is 5.52 Å². The van der Waals surface area contributed by atoms with Crippen LogP contribution < -0.4 is 10.9 Å². The van der Waals surface area contributed by atoms with E-state index >= 15 is 0 Å². The third kappa shape index (κ3) is 4.46. The number of carbonyl (C=O) groups is 1. The van der Waals surface area contributed by atoms with E-state index in [1.807, 2.05) is 51.1 Å². The molecule has 0 aliphatic carbocycles. The van der Waals surface area contributed by atoms with Gasteiger partial charge in [-0.3, -0.25) is 9.59 Å². The van der Waals surface area contributed by atoms with E-state index in [9.17, 15) is 9.59 Å². The standard InChI is InChI=1S/C25H27N5O2/c1-17-9-11-20(12-10-17)13-15-26-22(31)14-16-29-25(32)24-23(18(2)27-29)19(3)30(28-24)21-7-5-4-6-8-21/h4-12H,13-16H2,1-3H3,(H,26,31). The van der Waals surface area contributed by atoms with E-state index < -0.39 is 0 Å². The zero-order valence-electron chi connectivity index (χ0n) is 18.6. The average Bonchev–Trinajstić information content (AvgIpc) is 3.15. The molecule has 2 aromatic heterocycles. The Balaban J connectivity index is 1.45. The van der Waals surface area contributed by atoms with Crippen molar-refractivity contribution in [1.82, 2.24) is 24.9 Å². The van der Waals surface area contributed by atoms with Crippen molar-refractivity contribution < 1.29 is 4.79 Å². The SMILES string of the molecule is Cc1ccc(CCNC(=O)CCn2nc(C)c3c(C)n(-c4ccccc4)nc3c2=O)cc1. The van der Waals surface area contributed by atoms with Crippen LogP contribution >= 0.6 is 0 Å². The Morgan fingerprint density at radius 2 is 1.69 bits per heavy atom. The maximum Gasteiger partial charge on any atom is 0.295 e. The van der Waals surface area contributed by atoms with Gasteiger partial charge in [0.2, 0.25) is 5.91 Å². The maximum atomic E-state index is 13.0. The van der Waals surface area contributed by atoms with Crippen LogP contribution in [0.2, 0.25) is 0 Å². The quantitative estimate of drug-likeness (QED) is 0.489. The van der Waals surface area contributed by atoms with Gasteiger partial charge in [-0.15, -0.1) is 0 Å². The van der Waals surface area contributed by atoms with Crippen LogP contribution in [0.25, 0.3) is 16.6 Å². The van der Waals surface area contributed by atoms with Crippen molar-refractivity contribution in [2.75, 3.05) is 6.54 Å². The number of nitrogens with zero attached hydrogens (tertiary/aromatic N) is 4. The molecule has 32 heavy (non-hydrogen) atoms. The number of fused-ring (bicyclic) bond motifs is 1. The van der Waals surface area contributed by atoms with Gasteiger partial charge in [-0.1, -0.05) is 48.0 Å². The zero-order chi connectivity index (χ0) is 22.7. The van der Waals surface area contributed by atoms with Crippen molar-refractivity contribution in [2.45, 2.75) is 40.2 Å². The van der Waals surface area contributed by atoms with Gasteiger partial charge < -0.3 is 5.32 Å². The molecule has 0 bridgehead atoms. The van der Waals surface area contributed by atoms with Crippen LogP contribution in [0, 0.1) is 20.8 Å². The van der Waals surface area contributed by atoms with Crippen molar-refractivity contribution in [3.63, 3.8) is 0 Å². The van der Waals surface area contributed by atoms with Gasteiger partial charge in [0.25, 0.3) is 5.56 Å². The van der Waals surface area contributed by atoms with Gasteiger partial charge in [0.05, 0.1) is 29.0 Å². The molecule has 1 N–H and O–H groups in total. The number of hydrogen-bond donors (Lipinski definition) is 1. The topological polar surface area (TPSA) is 81.8 Å². The maximum absolute atomic E-state index is 13.0. The summed E-state index contributed by atoms with van der Waals surface area (Å²) in [5.41, 5.74) is 4.97. The molecule has 164 valence electrons. The predicted octanol–water partition coefficient (Wildman–Crippen LogP) is 3.26. The van der Waals surface area contributed by atoms with Gasteiger partial charge in [-0.25, -0.2) is 9.36 Å². The largest absolute Gasteiger partial charge is 0.356 e. The van der Waals surface area contributed by atoms with E-state index in [1.54, 1.807) is 4.68 Å². The van der Waals surface area contributed by atoms with Crippen molar-refractivity contribution in [1.29, 1.82) is 0 Å². The molecule has 0 unspecified atom stereocenters. The highest BCUT2D eigenvalue weighted by Gasteiger charge is 2.17. The molecule has 0 saturated carbocycles. The van der Waals surface area contributed by atoms with Crippen molar-refractivity contribution in [2.24, 2.45) is 0 Å². The van der Waals surface area contributed by atoms with Gasteiger partial charge >= 0.3 is 0 Å². The Kier molecular flexibility index (Phi) is 6.16. The summed E-state index contributed by atoms with van der Waals surface area (Å²) in [6.45, 7) is 6.62. The highest BCUT2D eigenvalue weighted by Crippen LogP contribution is 2.20. The smallest absolute Gasteiger partial charge is 0.295 e. The van der Waals surface area contributed by atoms with Gasteiger partial charge in [-0.2, -0.15) is 10.2 Å². The summed E-state index contributed by atoms with van der Waals surface area (Å²) in [4.78, 5) is 25.3. The number of rotatable bonds is 7. The van der Waals surface area contributed by atoms with Gasteiger partial charge in [-0.05, 0) is 44.9 Å². The van der Waals surface area contributed by atoms with Crippen LogP contribution in [0.1, 0.15) is 28.9 Å². The molecular weight excluding hydrogens is 402 g/mol. The Labute approximate surface area is 186 Å². The molecule has 0 atom stereocenters. The number of amides is 1. The summed E-state index contributed by atoms with van der Waals surface area (Å²) >= 11 is 0. The number of benzene rings is 2. The number of para-hydroxylation sites is 1. The molecule has 0 radical (unpaired) electrons. The third-order valence-corrected chi connectivity index (χ3v) is 5.59. The highest BCUT2D eigenvalue weighted by atomic mass is 16.2. The van der Waals surface area contributed by atoms with Crippen LogP contribution in [0.3, 0.4) is 0 Å². The number of aryl methyl sites for hydroxylation is 4. The molecule has 4 rings (SSSR count). The van der Waals surface area contributed by atoms with Crippen LogP contribution in [0.5, 0.6) is 0 Å². The highest BCUT2D eigenvalue weighted by molar-refractivity contribution is 5.83. The second-order valence-corrected chi connectivity index (χ2v) is 8.01. The monoisotopic (exact) mass is 429 g/mol. The minimum atomic E-state index is -0.282. The van der Waals surface area contributed by atoms with Crippen molar-refractivity contribution in [3.8, 4) is 5.69 Å². The first kappa shape index (κ1) is 21.5. The van der Waals surface area contributed by atoms with Crippen LogP contribution in [0.15, 0.2) is 59.4 Å². The lowest BCUT2D eigenvalue weighted by molar-refractivity contribution is -0.121. The van der Waals surface area contributed by atoms with E-state index in [0.717, 1.165) is 28.9 Å². The normalized spacial score (nSPS) is 11.1. The van der Waals surface area contributed by atoms with E-state index in [2.05, 4.69) is 39.8 Å². The fourth-order valence-corrected chi connectivity index (χ4v) is 3.85.